The molecule has 0 saturated heterocycles. The van der Waals surface area contributed by atoms with Crippen molar-refractivity contribution < 1.29 is 0 Å². The van der Waals surface area contributed by atoms with E-state index in [2.05, 4.69) is 9.59 Å². The number of hydrogen-bond acceptors (Lipinski definition) is 5. The van der Waals surface area contributed by atoms with Crippen molar-refractivity contribution in [3.05, 3.63) is 32.4 Å². The van der Waals surface area contributed by atoms with E-state index in [4.69, 9.17) is 17.3 Å². The lowest BCUT2D eigenvalue weighted by atomic mass is 10.2. The van der Waals surface area contributed by atoms with Crippen LogP contribution in [0.5, 0.6) is 0 Å². The number of rotatable bonds is 3. The number of aromatic nitrogens is 2. The molecule has 6 heteroatoms. The van der Waals surface area contributed by atoms with Gasteiger partial charge in [0.15, 0.2) is 0 Å². The molecule has 0 spiro atoms. The van der Waals surface area contributed by atoms with Crippen molar-refractivity contribution in [1.29, 1.82) is 0 Å². The molecule has 3 nitrogen and oxygen atoms in total. The Morgan fingerprint density at radius 3 is 3.00 bits per heavy atom. The Balaban J connectivity index is 2.09. The van der Waals surface area contributed by atoms with Crippen LogP contribution in [0.15, 0.2) is 17.6 Å². The van der Waals surface area contributed by atoms with E-state index < -0.39 is 0 Å². The Kier molecular flexibility index (Phi) is 3.12. The zero-order valence-electron chi connectivity index (χ0n) is 7.18. The molecule has 74 valence electrons. The largest absolute Gasteiger partial charge is 0.323 e. The van der Waals surface area contributed by atoms with Crippen LogP contribution in [0.2, 0.25) is 5.02 Å². The molecule has 1 atom stereocenters. The number of nitrogens with two attached hydrogens (primary N) is 1. The summed E-state index contributed by atoms with van der Waals surface area (Å²) < 4.78 is 3.78. The molecule has 0 aliphatic rings. The smallest absolute Gasteiger partial charge is 0.0669 e. The summed E-state index contributed by atoms with van der Waals surface area (Å²) in [5, 5.41) is 6.52. The minimum absolute atomic E-state index is 0.0499. The van der Waals surface area contributed by atoms with Gasteiger partial charge in [0.2, 0.25) is 0 Å². The van der Waals surface area contributed by atoms with Gasteiger partial charge in [-0.15, -0.1) is 16.4 Å². The van der Waals surface area contributed by atoms with E-state index >= 15 is 0 Å². The van der Waals surface area contributed by atoms with Crippen molar-refractivity contribution in [2.45, 2.75) is 12.5 Å². The second-order valence-electron chi connectivity index (χ2n) is 2.82. The van der Waals surface area contributed by atoms with Crippen LogP contribution in [0.1, 0.15) is 15.8 Å². The predicted molar refractivity (Wildman–Crippen MR) is 59.9 cm³/mol. The lowest BCUT2D eigenvalue weighted by Crippen LogP contribution is -2.11. The van der Waals surface area contributed by atoms with Gasteiger partial charge >= 0.3 is 0 Å². The minimum Gasteiger partial charge on any atom is -0.323 e. The van der Waals surface area contributed by atoms with Crippen LogP contribution in [0.4, 0.5) is 0 Å². The molecule has 2 aromatic heterocycles. The summed E-state index contributed by atoms with van der Waals surface area (Å²) in [6.07, 6.45) is 2.46. The lowest BCUT2D eigenvalue weighted by Gasteiger charge is -2.06. The summed E-state index contributed by atoms with van der Waals surface area (Å²) in [6.45, 7) is 0. The first kappa shape index (κ1) is 10.0. The molecule has 0 saturated carbocycles. The molecule has 2 aromatic rings. The van der Waals surface area contributed by atoms with E-state index in [0.29, 0.717) is 0 Å². The average molecular weight is 246 g/mol. The molecule has 0 bridgehead atoms. The summed E-state index contributed by atoms with van der Waals surface area (Å²) in [6, 6.07) is 1.84. The van der Waals surface area contributed by atoms with Gasteiger partial charge in [0, 0.05) is 17.3 Å². The number of halogens is 1. The van der Waals surface area contributed by atoms with Crippen molar-refractivity contribution >= 4 is 34.5 Å². The van der Waals surface area contributed by atoms with E-state index in [1.54, 1.807) is 17.5 Å². The third-order valence-electron chi connectivity index (χ3n) is 1.84. The summed E-state index contributed by atoms with van der Waals surface area (Å²) in [4.78, 5) is 2.11. The van der Waals surface area contributed by atoms with Gasteiger partial charge in [0.1, 0.15) is 0 Å². The molecule has 2 rings (SSSR count). The normalized spacial score (nSPS) is 13.0. The predicted octanol–water partition coefficient (Wildman–Crippen LogP) is 2.50. The number of nitrogens with zero attached hydrogens (tertiary/aromatic N) is 2. The van der Waals surface area contributed by atoms with Gasteiger partial charge in [0.05, 0.1) is 16.1 Å². The van der Waals surface area contributed by atoms with Crippen LogP contribution in [-0.2, 0) is 6.42 Å². The molecule has 2 N–H and O–H groups in total. The van der Waals surface area contributed by atoms with Crippen LogP contribution >= 0.6 is 34.5 Å². The van der Waals surface area contributed by atoms with E-state index in [-0.39, 0.29) is 6.04 Å². The summed E-state index contributed by atoms with van der Waals surface area (Å²) in [5.74, 6) is 0. The van der Waals surface area contributed by atoms with Crippen LogP contribution in [0.25, 0.3) is 0 Å². The fraction of sp³-hybridized carbons (Fsp3) is 0.250. The van der Waals surface area contributed by atoms with Crippen molar-refractivity contribution in [3.8, 4) is 0 Å². The van der Waals surface area contributed by atoms with Crippen molar-refractivity contribution in [2.75, 3.05) is 0 Å². The molecule has 0 fully saturated rings. The van der Waals surface area contributed by atoms with E-state index in [1.807, 2.05) is 11.4 Å². The first-order valence-corrected chi connectivity index (χ1v) is 6.05. The highest BCUT2D eigenvalue weighted by Crippen LogP contribution is 2.27. The Hall–Kier alpha value is -0.490. The standard InChI is InChI=1S/C8H8ClN3S2/c9-5-1-2-13-7(5)3-6(10)8-4-11-12-14-8/h1-2,4,6H,3,10H2. The van der Waals surface area contributed by atoms with Gasteiger partial charge < -0.3 is 5.73 Å². The third-order valence-corrected chi connectivity index (χ3v) is 4.04. The maximum absolute atomic E-state index is 5.98. The highest BCUT2D eigenvalue weighted by Gasteiger charge is 2.12. The molecule has 0 amide bonds. The fourth-order valence-corrected chi connectivity index (χ4v) is 2.78. The Morgan fingerprint density at radius 2 is 2.43 bits per heavy atom. The molecular weight excluding hydrogens is 238 g/mol. The molecular formula is C8H8ClN3S2. The molecule has 0 aliphatic carbocycles. The fourth-order valence-electron chi connectivity index (χ4n) is 1.11. The van der Waals surface area contributed by atoms with Crippen LogP contribution in [0, 0.1) is 0 Å². The summed E-state index contributed by atoms with van der Waals surface area (Å²) in [7, 11) is 0. The van der Waals surface area contributed by atoms with Gasteiger partial charge in [-0.1, -0.05) is 16.1 Å². The molecule has 0 aromatic carbocycles. The van der Waals surface area contributed by atoms with Crippen LogP contribution in [-0.4, -0.2) is 9.59 Å². The van der Waals surface area contributed by atoms with Gasteiger partial charge in [0.25, 0.3) is 0 Å². The molecule has 2 heterocycles. The summed E-state index contributed by atoms with van der Waals surface area (Å²) >= 11 is 8.93. The quantitative estimate of drug-likeness (QED) is 0.904. The number of thiophene rings is 1. The topological polar surface area (TPSA) is 51.8 Å². The highest BCUT2D eigenvalue weighted by molar-refractivity contribution is 7.10. The van der Waals surface area contributed by atoms with E-state index in [0.717, 1.165) is 21.2 Å². The monoisotopic (exact) mass is 245 g/mol. The third kappa shape index (κ3) is 2.12. The Morgan fingerprint density at radius 1 is 1.57 bits per heavy atom. The number of hydrogen-bond donors (Lipinski definition) is 1. The zero-order valence-corrected chi connectivity index (χ0v) is 9.57. The van der Waals surface area contributed by atoms with Crippen molar-refractivity contribution in [2.24, 2.45) is 5.73 Å². The van der Waals surface area contributed by atoms with E-state index in [9.17, 15) is 0 Å². The second-order valence-corrected chi connectivity index (χ2v) is 5.05. The second kappa shape index (κ2) is 4.35. The Labute approximate surface area is 94.7 Å². The summed E-state index contributed by atoms with van der Waals surface area (Å²) in [5.41, 5.74) is 5.98. The van der Waals surface area contributed by atoms with Gasteiger partial charge in [-0.25, -0.2) is 0 Å². The van der Waals surface area contributed by atoms with Gasteiger partial charge in [-0.2, -0.15) is 0 Å². The highest BCUT2D eigenvalue weighted by atomic mass is 35.5. The maximum Gasteiger partial charge on any atom is 0.0669 e. The molecule has 0 aliphatic heterocycles. The lowest BCUT2D eigenvalue weighted by molar-refractivity contribution is 0.743. The maximum atomic E-state index is 5.98. The van der Waals surface area contributed by atoms with Crippen molar-refractivity contribution in [3.63, 3.8) is 0 Å². The van der Waals surface area contributed by atoms with Crippen molar-refractivity contribution in [1.82, 2.24) is 9.59 Å². The van der Waals surface area contributed by atoms with Gasteiger partial charge in [-0.3, -0.25) is 0 Å². The molecule has 14 heavy (non-hydrogen) atoms. The first-order valence-electron chi connectivity index (χ1n) is 4.02. The SMILES string of the molecule is NC(Cc1sccc1Cl)c1cnns1. The molecule has 1 unspecified atom stereocenters. The minimum atomic E-state index is -0.0499. The average Bonchev–Trinajstić information content (AvgIpc) is 2.77. The van der Waals surface area contributed by atoms with Crippen LogP contribution < -0.4 is 5.73 Å². The Bertz CT molecular complexity index is 398. The van der Waals surface area contributed by atoms with E-state index in [1.165, 1.54) is 11.5 Å². The van der Waals surface area contributed by atoms with Gasteiger partial charge in [-0.05, 0) is 23.0 Å². The zero-order chi connectivity index (χ0) is 9.97. The van der Waals surface area contributed by atoms with Crippen LogP contribution in [0.3, 0.4) is 0 Å². The molecule has 0 radical (unpaired) electrons. The first-order chi connectivity index (χ1) is 6.77.